The molecule has 1 aliphatic heterocycles. The maximum absolute atomic E-state index is 3.69. The van der Waals surface area contributed by atoms with Crippen molar-refractivity contribution in [3.8, 4) is 11.3 Å². The Bertz CT molecular complexity index is 1130. The molecule has 0 aliphatic carbocycles. The zero-order valence-electron chi connectivity index (χ0n) is 18.0. The fourth-order valence-corrected chi connectivity index (χ4v) is 5.29. The highest BCUT2D eigenvalue weighted by atomic mass is 15.1. The molecule has 0 amide bonds. The molecular weight excluding hydrogens is 364 g/mol. The summed E-state index contributed by atoms with van der Waals surface area (Å²) in [6.45, 7) is 7.87. The van der Waals surface area contributed by atoms with Crippen molar-refractivity contribution >= 4 is 10.9 Å². The molecule has 30 heavy (non-hydrogen) atoms. The van der Waals surface area contributed by atoms with Gasteiger partial charge in [0.05, 0.1) is 5.69 Å². The predicted molar refractivity (Wildman–Crippen MR) is 127 cm³/mol. The largest absolute Gasteiger partial charge is 0.354 e. The Kier molecular flexibility index (Phi) is 5.18. The number of benzene rings is 3. The summed E-state index contributed by atoms with van der Waals surface area (Å²) < 4.78 is 0. The van der Waals surface area contributed by atoms with Crippen LogP contribution in [0.5, 0.6) is 0 Å². The Balaban J connectivity index is 1.40. The van der Waals surface area contributed by atoms with Gasteiger partial charge in [0.2, 0.25) is 0 Å². The zero-order chi connectivity index (χ0) is 20.5. The van der Waals surface area contributed by atoms with Gasteiger partial charge in [0.25, 0.3) is 0 Å². The number of aryl methyl sites for hydroxylation is 2. The Hall–Kier alpha value is -2.84. The van der Waals surface area contributed by atoms with Gasteiger partial charge in [0.1, 0.15) is 0 Å². The Morgan fingerprint density at radius 3 is 2.20 bits per heavy atom. The Morgan fingerprint density at radius 2 is 1.47 bits per heavy atom. The van der Waals surface area contributed by atoms with E-state index in [1.165, 1.54) is 51.7 Å². The molecule has 152 valence electrons. The summed E-state index contributed by atoms with van der Waals surface area (Å²) in [6, 6.07) is 26.2. The predicted octanol–water partition coefficient (Wildman–Crippen LogP) is 6.83. The molecule has 0 atom stereocenters. The third-order valence-corrected chi connectivity index (χ3v) is 6.80. The number of nitrogens with zero attached hydrogens (tertiary/aromatic N) is 1. The third kappa shape index (κ3) is 3.57. The molecule has 2 heterocycles. The highest BCUT2D eigenvalue weighted by Crippen LogP contribution is 2.35. The van der Waals surface area contributed by atoms with Gasteiger partial charge in [-0.25, -0.2) is 0 Å². The second-order valence-electron chi connectivity index (χ2n) is 8.75. The van der Waals surface area contributed by atoms with Crippen LogP contribution in [0.1, 0.15) is 41.0 Å². The molecule has 1 N–H and O–H groups in total. The molecule has 1 saturated heterocycles. The van der Waals surface area contributed by atoms with E-state index >= 15 is 0 Å². The number of H-pyrrole nitrogens is 1. The van der Waals surface area contributed by atoms with E-state index in [-0.39, 0.29) is 0 Å². The standard InChI is InChI=1S/C28H30N2/c1-20-9-8-10-21(2)27(20)22-15-17-30(18-16-22)19-25-24-13-6-7-14-26(24)29-28(25)23-11-4-3-5-12-23/h3-14,22,29H,15-19H2,1-2H3. The molecule has 2 heteroatoms. The average molecular weight is 395 g/mol. The van der Waals surface area contributed by atoms with Crippen molar-refractivity contribution in [2.24, 2.45) is 0 Å². The lowest BCUT2D eigenvalue weighted by atomic mass is 9.84. The molecule has 3 aromatic carbocycles. The van der Waals surface area contributed by atoms with E-state index in [1.807, 2.05) is 0 Å². The fourth-order valence-electron chi connectivity index (χ4n) is 5.29. The second-order valence-corrected chi connectivity index (χ2v) is 8.75. The first-order chi connectivity index (χ1) is 14.7. The molecule has 2 nitrogen and oxygen atoms in total. The van der Waals surface area contributed by atoms with E-state index in [1.54, 1.807) is 5.56 Å². The lowest BCUT2D eigenvalue weighted by Gasteiger charge is -2.33. The number of likely N-dealkylation sites (tertiary alicyclic amines) is 1. The van der Waals surface area contributed by atoms with Gasteiger partial charge < -0.3 is 4.98 Å². The van der Waals surface area contributed by atoms with Gasteiger partial charge in [-0.2, -0.15) is 0 Å². The summed E-state index contributed by atoms with van der Waals surface area (Å²) in [6.07, 6.45) is 2.49. The molecule has 5 rings (SSSR count). The monoisotopic (exact) mass is 394 g/mol. The van der Waals surface area contributed by atoms with Gasteiger partial charge in [-0.05, 0) is 79.6 Å². The number of fused-ring (bicyclic) bond motifs is 1. The molecule has 1 aliphatic rings. The van der Waals surface area contributed by atoms with Crippen LogP contribution in [0.2, 0.25) is 0 Å². The van der Waals surface area contributed by atoms with Crippen LogP contribution < -0.4 is 0 Å². The van der Waals surface area contributed by atoms with Crippen LogP contribution in [0.25, 0.3) is 22.2 Å². The minimum absolute atomic E-state index is 0.694. The van der Waals surface area contributed by atoms with Crippen LogP contribution in [0.3, 0.4) is 0 Å². The van der Waals surface area contributed by atoms with Gasteiger partial charge in [-0.1, -0.05) is 66.7 Å². The van der Waals surface area contributed by atoms with E-state index in [9.17, 15) is 0 Å². The van der Waals surface area contributed by atoms with Crippen LogP contribution in [0, 0.1) is 13.8 Å². The van der Waals surface area contributed by atoms with Crippen molar-refractivity contribution in [2.45, 2.75) is 39.2 Å². The number of nitrogens with one attached hydrogen (secondary N) is 1. The van der Waals surface area contributed by atoms with Crippen LogP contribution in [-0.4, -0.2) is 23.0 Å². The van der Waals surface area contributed by atoms with Gasteiger partial charge >= 0.3 is 0 Å². The van der Waals surface area contributed by atoms with Gasteiger partial charge in [-0.3, -0.25) is 4.90 Å². The van der Waals surface area contributed by atoms with Crippen molar-refractivity contribution in [1.82, 2.24) is 9.88 Å². The quantitative estimate of drug-likeness (QED) is 0.402. The van der Waals surface area contributed by atoms with E-state index in [2.05, 4.69) is 96.5 Å². The number of aromatic nitrogens is 1. The number of aromatic amines is 1. The van der Waals surface area contributed by atoms with Crippen LogP contribution in [0.15, 0.2) is 72.8 Å². The van der Waals surface area contributed by atoms with Crippen molar-refractivity contribution in [3.63, 3.8) is 0 Å². The molecule has 0 saturated carbocycles. The molecule has 0 unspecified atom stereocenters. The van der Waals surface area contributed by atoms with Gasteiger partial charge in [-0.15, -0.1) is 0 Å². The maximum atomic E-state index is 3.69. The van der Waals surface area contributed by atoms with E-state index in [4.69, 9.17) is 0 Å². The molecule has 4 aromatic rings. The van der Waals surface area contributed by atoms with Crippen LogP contribution >= 0.6 is 0 Å². The van der Waals surface area contributed by atoms with Crippen molar-refractivity contribution in [1.29, 1.82) is 0 Å². The molecule has 0 radical (unpaired) electrons. The zero-order valence-corrected chi connectivity index (χ0v) is 18.0. The van der Waals surface area contributed by atoms with Gasteiger partial charge in [0.15, 0.2) is 0 Å². The summed E-state index contributed by atoms with van der Waals surface area (Å²) in [5.74, 6) is 0.694. The first kappa shape index (κ1) is 19.1. The summed E-state index contributed by atoms with van der Waals surface area (Å²) in [4.78, 5) is 6.34. The topological polar surface area (TPSA) is 19.0 Å². The minimum atomic E-state index is 0.694. The lowest BCUT2D eigenvalue weighted by Crippen LogP contribution is -2.33. The first-order valence-corrected chi connectivity index (χ1v) is 11.1. The van der Waals surface area contributed by atoms with Gasteiger partial charge in [0, 0.05) is 17.4 Å². The van der Waals surface area contributed by atoms with E-state index in [0.29, 0.717) is 5.92 Å². The minimum Gasteiger partial charge on any atom is -0.354 e. The number of hydrogen-bond acceptors (Lipinski definition) is 1. The van der Waals surface area contributed by atoms with Crippen molar-refractivity contribution in [2.75, 3.05) is 13.1 Å². The molecule has 1 fully saturated rings. The Labute approximate surface area is 179 Å². The van der Waals surface area contributed by atoms with E-state index in [0.717, 1.165) is 19.6 Å². The summed E-state index contributed by atoms with van der Waals surface area (Å²) in [7, 11) is 0. The Morgan fingerprint density at radius 1 is 0.800 bits per heavy atom. The highest BCUT2D eigenvalue weighted by Gasteiger charge is 2.24. The number of hydrogen-bond donors (Lipinski definition) is 1. The van der Waals surface area contributed by atoms with Crippen LogP contribution in [0.4, 0.5) is 0 Å². The number of rotatable bonds is 4. The van der Waals surface area contributed by atoms with E-state index < -0.39 is 0 Å². The maximum Gasteiger partial charge on any atom is 0.0510 e. The average Bonchev–Trinajstić information content (AvgIpc) is 3.14. The fraction of sp³-hybridized carbons (Fsp3) is 0.286. The molecule has 1 aromatic heterocycles. The van der Waals surface area contributed by atoms with Crippen LogP contribution in [-0.2, 0) is 6.54 Å². The smallest absolute Gasteiger partial charge is 0.0510 e. The molecular formula is C28H30N2. The summed E-state index contributed by atoms with van der Waals surface area (Å²) in [5, 5.41) is 1.35. The van der Waals surface area contributed by atoms with Crippen molar-refractivity contribution < 1.29 is 0 Å². The molecule has 0 bridgehead atoms. The summed E-state index contributed by atoms with van der Waals surface area (Å²) in [5.41, 5.74) is 9.71. The third-order valence-electron chi connectivity index (χ3n) is 6.80. The normalized spacial score (nSPS) is 15.7. The first-order valence-electron chi connectivity index (χ1n) is 11.1. The summed E-state index contributed by atoms with van der Waals surface area (Å²) >= 11 is 0. The highest BCUT2D eigenvalue weighted by molar-refractivity contribution is 5.90. The van der Waals surface area contributed by atoms with Crippen molar-refractivity contribution in [3.05, 3.63) is 95.1 Å². The second kappa shape index (κ2) is 8.12. The SMILES string of the molecule is Cc1cccc(C)c1C1CCN(Cc2c(-c3ccccc3)[nH]c3ccccc23)CC1. The lowest BCUT2D eigenvalue weighted by molar-refractivity contribution is 0.205. The number of para-hydroxylation sites is 1. The number of piperidine rings is 1. The molecule has 0 spiro atoms.